The van der Waals surface area contributed by atoms with Crippen LogP contribution in [0.15, 0.2) is 5.10 Å². The summed E-state index contributed by atoms with van der Waals surface area (Å²) in [5.74, 6) is 3.15. The van der Waals surface area contributed by atoms with Crippen molar-refractivity contribution in [1.82, 2.24) is 5.01 Å². The summed E-state index contributed by atoms with van der Waals surface area (Å²) in [6, 6.07) is 0. The van der Waals surface area contributed by atoms with Gasteiger partial charge < -0.3 is 5.73 Å². The lowest BCUT2D eigenvalue weighted by Gasteiger charge is -2.58. The van der Waals surface area contributed by atoms with Gasteiger partial charge in [0.2, 0.25) is 0 Å². The Labute approximate surface area is 101 Å². The lowest BCUT2D eigenvalue weighted by atomic mass is 9.53. The van der Waals surface area contributed by atoms with Crippen LogP contribution in [0.2, 0.25) is 0 Å². The maximum Gasteiger partial charge on any atom is 0.250 e. The predicted molar refractivity (Wildman–Crippen MR) is 64.0 cm³/mol. The molecule has 17 heavy (non-hydrogen) atoms. The van der Waals surface area contributed by atoms with Gasteiger partial charge in [0, 0.05) is 0 Å². The van der Waals surface area contributed by atoms with Crippen molar-refractivity contribution in [3.8, 4) is 0 Å². The second-order valence-electron chi connectivity index (χ2n) is 6.62. The Morgan fingerprint density at radius 3 is 2.06 bits per heavy atom. The average molecular weight is 233 g/mol. The van der Waals surface area contributed by atoms with E-state index in [1.54, 1.807) is 5.01 Å². The van der Waals surface area contributed by atoms with E-state index in [-0.39, 0.29) is 11.4 Å². The highest BCUT2D eigenvalue weighted by Crippen LogP contribution is 2.58. The Balaban J connectivity index is 1.71. The summed E-state index contributed by atoms with van der Waals surface area (Å²) >= 11 is 0. The first kappa shape index (κ1) is 9.92. The van der Waals surface area contributed by atoms with Gasteiger partial charge in [-0.25, -0.2) is 5.01 Å². The molecule has 4 saturated carbocycles. The number of hydrogen-bond acceptors (Lipinski definition) is 3. The van der Waals surface area contributed by atoms with E-state index in [9.17, 15) is 4.79 Å². The normalized spacial score (nSPS) is 47.8. The highest BCUT2D eigenvalue weighted by molar-refractivity contribution is 6.03. The van der Waals surface area contributed by atoms with Gasteiger partial charge in [0.15, 0.2) is 0 Å². The Hall–Kier alpha value is -1.06. The smallest absolute Gasteiger partial charge is 0.250 e. The maximum atomic E-state index is 12.0. The number of hydrazone groups is 1. The zero-order valence-corrected chi connectivity index (χ0v) is 10.1. The zero-order chi connectivity index (χ0) is 11.6. The third-order valence-electron chi connectivity index (χ3n) is 5.25. The van der Waals surface area contributed by atoms with Crippen LogP contribution < -0.4 is 5.73 Å². The standard InChI is InChI=1S/C13H19N3O/c14-11-4-12(17)16(15-11)13-5-8-1-9(6-13)3-10(2-8)7-13/h8-10H,1-7H2,(H2,14,15). The molecule has 1 aliphatic heterocycles. The van der Waals surface area contributed by atoms with Gasteiger partial charge in [-0.05, 0) is 56.3 Å². The van der Waals surface area contributed by atoms with E-state index >= 15 is 0 Å². The van der Waals surface area contributed by atoms with Crippen LogP contribution >= 0.6 is 0 Å². The van der Waals surface area contributed by atoms with Gasteiger partial charge in [-0.3, -0.25) is 4.79 Å². The van der Waals surface area contributed by atoms with Crippen molar-refractivity contribution in [3.05, 3.63) is 0 Å². The fraction of sp³-hybridized carbons (Fsp3) is 0.846. The van der Waals surface area contributed by atoms with Crippen LogP contribution in [0.5, 0.6) is 0 Å². The molecule has 0 unspecified atom stereocenters. The summed E-state index contributed by atoms with van der Waals surface area (Å²) in [6.45, 7) is 0. The highest BCUT2D eigenvalue weighted by Gasteiger charge is 2.56. The van der Waals surface area contributed by atoms with Crippen LogP contribution in [-0.2, 0) is 4.79 Å². The number of hydrogen-bond donors (Lipinski definition) is 1. The first-order valence-corrected chi connectivity index (χ1v) is 6.81. The van der Waals surface area contributed by atoms with Crippen LogP contribution in [0, 0.1) is 17.8 Å². The topological polar surface area (TPSA) is 58.7 Å². The lowest BCUT2D eigenvalue weighted by molar-refractivity contribution is -0.147. The SMILES string of the molecule is NC1=NN(C23CC4CC(CC(C4)C2)C3)C(=O)C1. The van der Waals surface area contributed by atoms with Gasteiger partial charge >= 0.3 is 0 Å². The summed E-state index contributed by atoms with van der Waals surface area (Å²) in [6.07, 6.45) is 8.01. The molecule has 0 radical (unpaired) electrons. The molecular formula is C13H19N3O. The molecular weight excluding hydrogens is 214 g/mol. The van der Waals surface area contributed by atoms with E-state index in [0.29, 0.717) is 12.3 Å². The minimum Gasteiger partial charge on any atom is -0.385 e. The summed E-state index contributed by atoms with van der Waals surface area (Å²) in [5.41, 5.74) is 5.77. The van der Waals surface area contributed by atoms with Crippen molar-refractivity contribution < 1.29 is 4.79 Å². The molecule has 2 N–H and O–H groups in total. The van der Waals surface area contributed by atoms with Crippen molar-refractivity contribution in [2.24, 2.45) is 28.6 Å². The second kappa shape index (κ2) is 3.03. The fourth-order valence-corrected chi connectivity index (χ4v) is 5.14. The molecule has 4 heteroatoms. The van der Waals surface area contributed by atoms with Gasteiger partial charge in [-0.1, -0.05) is 0 Å². The number of carbonyl (C=O) groups excluding carboxylic acids is 1. The molecule has 0 saturated heterocycles. The molecule has 5 aliphatic rings. The van der Waals surface area contributed by atoms with Crippen molar-refractivity contribution in [2.75, 3.05) is 0 Å². The van der Waals surface area contributed by atoms with E-state index in [2.05, 4.69) is 5.10 Å². The maximum absolute atomic E-state index is 12.0. The minimum absolute atomic E-state index is 0.0486. The Morgan fingerprint density at radius 2 is 1.65 bits per heavy atom. The molecule has 0 aromatic heterocycles. The number of nitrogens with zero attached hydrogens (tertiary/aromatic N) is 2. The lowest BCUT2D eigenvalue weighted by Crippen LogP contribution is -2.59. The van der Waals surface area contributed by atoms with Crippen molar-refractivity contribution in [3.63, 3.8) is 0 Å². The van der Waals surface area contributed by atoms with Crippen LogP contribution in [0.1, 0.15) is 44.9 Å². The molecule has 4 aliphatic carbocycles. The molecule has 92 valence electrons. The van der Waals surface area contributed by atoms with Crippen LogP contribution in [-0.4, -0.2) is 22.3 Å². The summed E-state index contributed by atoms with van der Waals surface area (Å²) in [7, 11) is 0. The number of amidine groups is 1. The molecule has 1 amide bonds. The predicted octanol–water partition coefficient (Wildman–Crippen LogP) is 1.46. The number of carbonyl (C=O) groups is 1. The molecule has 1 heterocycles. The van der Waals surface area contributed by atoms with Crippen molar-refractivity contribution >= 4 is 11.7 Å². The molecule has 5 rings (SSSR count). The third-order valence-corrected chi connectivity index (χ3v) is 5.25. The number of nitrogens with two attached hydrogens (primary N) is 1. The van der Waals surface area contributed by atoms with E-state index in [0.717, 1.165) is 17.8 Å². The summed E-state index contributed by atoms with van der Waals surface area (Å²) < 4.78 is 0. The van der Waals surface area contributed by atoms with Gasteiger partial charge in [-0.15, -0.1) is 0 Å². The second-order valence-corrected chi connectivity index (χ2v) is 6.62. The number of rotatable bonds is 1. The molecule has 4 nitrogen and oxygen atoms in total. The number of amides is 1. The quantitative estimate of drug-likeness (QED) is 0.745. The van der Waals surface area contributed by atoms with Gasteiger partial charge in [0.1, 0.15) is 5.84 Å². The Kier molecular flexibility index (Phi) is 1.77. The third kappa shape index (κ3) is 1.30. The van der Waals surface area contributed by atoms with Crippen molar-refractivity contribution in [2.45, 2.75) is 50.5 Å². The Morgan fingerprint density at radius 1 is 1.12 bits per heavy atom. The van der Waals surface area contributed by atoms with Gasteiger partial charge in [0.05, 0.1) is 12.0 Å². The van der Waals surface area contributed by atoms with Gasteiger partial charge in [0.25, 0.3) is 5.91 Å². The minimum atomic E-state index is 0.0486. The first-order valence-electron chi connectivity index (χ1n) is 6.81. The van der Waals surface area contributed by atoms with Crippen LogP contribution in [0.3, 0.4) is 0 Å². The molecule has 4 fully saturated rings. The summed E-state index contributed by atoms with van der Waals surface area (Å²) in [5, 5.41) is 6.12. The van der Waals surface area contributed by atoms with Crippen LogP contribution in [0.4, 0.5) is 0 Å². The van der Waals surface area contributed by atoms with E-state index in [1.165, 1.54) is 38.5 Å². The largest absolute Gasteiger partial charge is 0.385 e. The monoisotopic (exact) mass is 233 g/mol. The average Bonchev–Trinajstić information content (AvgIpc) is 2.56. The van der Waals surface area contributed by atoms with Crippen molar-refractivity contribution in [1.29, 1.82) is 0 Å². The van der Waals surface area contributed by atoms with Crippen LogP contribution in [0.25, 0.3) is 0 Å². The summed E-state index contributed by atoms with van der Waals surface area (Å²) in [4.78, 5) is 12.0. The molecule has 0 spiro atoms. The molecule has 4 bridgehead atoms. The highest BCUT2D eigenvalue weighted by atomic mass is 16.2. The fourth-order valence-electron chi connectivity index (χ4n) is 5.14. The van der Waals surface area contributed by atoms with Gasteiger partial charge in [-0.2, -0.15) is 5.10 Å². The Bertz CT molecular complexity index is 380. The van der Waals surface area contributed by atoms with E-state index in [4.69, 9.17) is 5.73 Å². The zero-order valence-electron chi connectivity index (χ0n) is 10.1. The van der Waals surface area contributed by atoms with E-state index < -0.39 is 0 Å². The molecule has 0 aromatic carbocycles. The molecule has 0 aromatic rings. The first-order chi connectivity index (χ1) is 8.14. The molecule has 0 atom stereocenters. The van der Waals surface area contributed by atoms with E-state index in [1.807, 2.05) is 0 Å².